The summed E-state index contributed by atoms with van der Waals surface area (Å²) in [6.07, 6.45) is 1.53. The van der Waals surface area contributed by atoms with E-state index in [0.29, 0.717) is 0 Å². The first-order valence-corrected chi connectivity index (χ1v) is 7.50. The zero-order valence-electron chi connectivity index (χ0n) is 11.4. The van der Waals surface area contributed by atoms with Gasteiger partial charge in [-0.3, -0.25) is 9.59 Å². The number of primary amides is 1. The monoisotopic (exact) mass is 329 g/mol. The molecule has 1 aromatic rings. The maximum Gasteiger partial charge on any atom is 0.257 e. The highest BCUT2D eigenvalue weighted by Gasteiger charge is 2.29. The van der Waals surface area contributed by atoms with Crippen molar-refractivity contribution in [1.82, 2.24) is 10.2 Å². The van der Waals surface area contributed by atoms with Crippen molar-refractivity contribution >= 4 is 35.0 Å². The van der Waals surface area contributed by atoms with Crippen LogP contribution in [0.15, 0.2) is 18.2 Å². The molecule has 0 unspecified atom stereocenters. The van der Waals surface area contributed by atoms with Crippen molar-refractivity contribution in [2.75, 3.05) is 19.6 Å². The van der Waals surface area contributed by atoms with Crippen LogP contribution in [-0.4, -0.2) is 42.4 Å². The second-order valence-electron chi connectivity index (χ2n) is 4.98. The number of carbonyl (C=O) groups excluding carboxylic acids is 2. The summed E-state index contributed by atoms with van der Waals surface area (Å²) < 4.78 is 0. The average Bonchev–Trinajstić information content (AvgIpc) is 2.45. The van der Waals surface area contributed by atoms with Crippen LogP contribution in [-0.2, 0) is 4.79 Å². The number of amides is 2. The van der Waals surface area contributed by atoms with Gasteiger partial charge in [-0.25, -0.2) is 0 Å². The van der Waals surface area contributed by atoms with Crippen LogP contribution in [0, 0.1) is 0 Å². The highest BCUT2D eigenvalue weighted by atomic mass is 35.5. The highest BCUT2D eigenvalue weighted by molar-refractivity contribution is 6.39. The quantitative estimate of drug-likeness (QED) is 0.882. The summed E-state index contributed by atoms with van der Waals surface area (Å²) in [5, 5.41) is 3.77. The molecule has 1 fully saturated rings. The second kappa shape index (κ2) is 7.11. The molecule has 0 radical (unpaired) electrons. The van der Waals surface area contributed by atoms with Crippen LogP contribution in [0.25, 0.3) is 0 Å². The standard InChI is InChI=1S/C14H17Cl2N3O2/c15-10-2-1-3-11(16)13(10)14(21)19(8-12(17)20)9-4-6-18-7-5-9/h1-3,9,18H,4-8H2,(H2,17,20). The lowest BCUT2D eigenvalue weighted by molar-refractivity contribution is -0.119. The predicted molar refractivity (Wildman–Crippen MR) is 82.6 cm³/mol. The van der Waals surface area contributed by atoms with Crippen molar-refractivity contribution in [2.45, 2.75) is 18.9 Å². The lowest BCUT2D eigenvalue weighted by atomic mass is 10.0. The lowest BCUT2D eigenvalue weighted by Gasteiger charge is -2.34. The molecular weight excluding hydrogens is 313 g/mol. The van der Waals surface area contributed by atoms with E-state index >= 15 is 0 Å². The molecule has 2 rings (SSSR count). The molecule has 0 atom stereocenters. The largest absolute Gasteiger partial charge is 0.368 e. The molecule has 0 bridgehead atoms. The zero-order chi connectivity index (χ0) is 15.4. The molecule has 1 heterocycles. The molecule has 0 saturated carbocycles. The molecule has 114 valence electrons. The van der Waals surface area contributed by atoms with E-state index in [1.165, 1.54) is 4.90 Å². The molecule has 0 aromatic heterocycles. The topological polar surface area (TPSA) is 75.4 Å². The minimum atomic E-state index is -0.551. The van der Waals surface area contributed by atoms with Gasteiger partial charge in [0.1, 0.15) is 0 Å². The predicted octanol–water partition coefficient (Wildman–Crippen LogP) is 1.67. The van der Waals surface area contributed by atoms with E-state index < -0.39 is 5.91 Å². The van der Waals surface area contributed by atoms with Gasteiger partial charge in [-0.2, -0.15) is 0 Å². The number of nitrogens with zero attached hydrogens (tertiary/aromatic N) is 1. The van der Waals surface area contributed by atoms with E-state index in [1.54, 1.807) is 18.2 Å². The van der Waals surface area contributed by atoms with Crippen molar-refractivity contribution in [2.24, 2.45) is 5.73 Å². The second-order valence-corrected chi connectivity index (χ2v) is 5.79. The normalized spacial score (nSPS) is 15.7. The zero-order valence-corrected chi connectivity index (χ0v) is 13.0. The average molecular weight is 330 g/mol. The van der Waals surface area contributed by atoms with Gasteiger partial charge in [-0.1, -0.05) is 29.3 Å². The van der Waals surface area contributed by atoms with E-state index in [1.807, 2.05) is 0 Å². The van der Waals surface area contributed by atoms with Crippen LogP contribution in [0.4, 0.5) is 0 Å². The summed E-state index contributed by atoms with van der Waals surface area (Å²) in [7, 11) is 0. The van der Waals surface area contributed by atoms with Gasteiger partial charge >= 0.3 is 0 Å². The van der Waals surface area contributed by atoms with Crippen LogP contribution < -0.4 is 11.1 Å². The Morgan fingerprint density at radius 1 is 1.24 bits per heavy atom. The number of hydrogen-bond donors (Lipinski definition) is 2. The summed E-state index contributed by atoms with van der Waals surface area (Å²) in [5.41, 5.74) is 5.50. The van der Waals surface area contributed by atoms with Crippen LogP contribution in [0.1, 0.15) is 23.2 Å². The van der Waals surface area contributed by atoms with Crippen LogP contribution in [0.2, 0.25) is 10.0 Å². The Labute approximate surface area is 133 Å². The summed E-state index contributed by atoms with van der Waals surface area (Å²) in [5.74, 6) is -0.902. The van der Waals surface area contributed by atoms with E-state index in [9.17, 15) is 9.59 Å². The Morgan fingerprint density at radius 3 is 2.33 bits per heavy atom. The van der Waals surface area contributed by atoms with Crippen LogP contribution >= 0.6 is 23.2 Å². The first-order chi connectivity index (χ1) is 10.0. The summed E-state index contributed by atoms with van der Waals surface area (Å²) in [6.45, 7) is 1.46. The van der Waals surface area contributed by atoms with Gasteiger partial charge in [0.15, 0.2) is 0 Å². The number of hydrogen-bond acceptors (Lipinski definition) is 3. The fourth-order valence-electron chi connectivity index (χ4n) is 2.50. The number of piperidine rings is 1. The maximum atomic E-state index is 12.8. The minimum absolute atomic E-state index is 0.0430. The van der Waals surface area contributed by atoms with E-state index in [-0.39, 0.29) is 34.1 Å². The fourth-order valence-corrected chi connectivity index (χ4v) is 3.06. The Kier molecular flexibility index (Phi) is 5.45. The third kappa shape index (κ3) is 3.87. The van der Waals surface area contributed by atoms with Crippen molar-refractivity contribution < 1.29 is 9.59 Å². The number of rotatable bonds is 4. The smallest absolute Gasteiger partial charge is 0.257 e. The van der Waals surface area contributed by atoms with Gasteiger partial charge in [-0.15, -0.1) is 0 Å². The summed E-state index contributed by atoms with van der Waals surface area (Å²) in [4.78, 5) is 25.5. The maximum absolute atomic E-state index is 12.8. The van der Waals surface area contributed by atoms with E-state index in [4.69, 9.17) is 28.9 Å². The molecule has 21 heavy (non-hydrogen) atoms. The molecular formula is C14H17Cl2N3O2. The van der Waals surface area contributed by atoms with Crippen molar-refractivity contribution in [3.63, 3.8) is 0 Å². The molecule has 7 heteroatoms. The van der Waals surface area contributed by atoms with Gasteiger partial charge in [0.2, 0.25) is 5.91 Å². The molecule has 1 aliphatic heterocycles. The summed E-state index contributed by atoms with van der Waals surface area (Å²) in [6, 6.07) is 4.83. The minimum Gasteiger partial charge on any atom is -0.368 e. The van der Waals surface area contributed by atoms with Gasteiger partial charge in [0.25, 0.3) is 5.91 Å². The number of halogens is 2. The van der Waals surface area contributed by atoms with E-state index in [2.05, 4.69) is 5.32 Å². The number of nitrogens with one attached hydrogen (secondary N) is 1. The molecule has 2 amide bonds. The lowest BCUT2D eigenvalue weighted by Crippen LogP contribution is -2.49. The van der Waals surface area contributed by atoms with Gasteiger partial charge in [0, 0.05) is 6.04 Å². The van der Waals surface area contributed by atoms with E-state index in [0.717, 1.165) is 25.9 Å². The first kappa shape index (κ1) is 16.1. The van der Waals surface area contributed by atoms with Gasteiger partial charge in [-0.05, 0) is 38.1 Å². The number of nitrogens with two attached hydrogens (primary N) is 1. The molecule has 1 aromatic carbocycles. The molecule has 1 saturated heterocycles. The summed E-state index contributed by atoms with van der Waals surface area (Å²) >= 11 is 12.2. The third-order valence-corrected chi connectivity index (χ3v) is 4.14. The van der Waals surface area contributed by atoms with Crippen molar-refractivity contribution in [3.05, 3.63) is 33.8 Å². The molecule has 3 N–H and O–H groups in total. The van der Waals surface area contributed by atoms with Gasteiger partial charge in [0.05, 0.1) is 22.2 Å². The van der Waals surface area contributed by atoms with Crippen LogP contribution in [0.5, 0.6) is 0 Å². The SMILES string of the molecule is NC(=O)CN(C(=O)c1c(Cl)cccc1Cl)C1CCNCC1. The highest BCUT2D eigenvalue weighted by Crippen LogP contribution is 2.27. The van der Waals surface area contributed by atoms with Crippen LogP contribution in [0.3, 0.4) is 0 Å². The van der Waals surface area contributed by atoms with Gasteiger partial charge < -0.3 is 16.0 Å². The Morgan fingerprint density at radius 2 is 1.81 bits per heavy atom. The number of benzene rings is 1. The third-order valence-electron chi connectivity index (χ3n) is 3.51. The Balaban J connectivity index is 2.31. The Bertz CT molecular complexity index is 525. The molecule has 5 nitrogen and oxygen atoms in total. The first-order valence-electron chi connectivity index (χ1n) is 6.74. The van der Waals surface area contributed by atoms with Crippen molar-refractivity contribution in [1.29, 1.82) is 0 Å². The van der Waals surface area contributed by atoms with Crippen molar-refractivity contribution in [3.8, 4) is 0 Å². The number of carbonyl (C=O) groups is 2. The molecule has 1 aliphatic rings. The fraction of sp³-hybridized carbons (Fsp3) is 0.429. The molecule has 0 spiro atoms. The molecule has 0 aliphatic carbocycles. The Hall–Kier alpha value is -1.30.